The summed E-state index contributed by atoms with van der Waals surface area (Å²) in [7, 11) is 0. The largest absolute Gasteiger partial charge is 0.394 e. The van der Waals surface area contributed by atoms with Gasteiger partial charge in [-0.3, -0.25) is 9.55 Å². The lowest BCUT2D eigenvalue weighted by Gasteiger charge is -2.23. The van der Waals surface area contributed by atoms with Crippen molar-refractivity contribution in [3.63, 3.8) is 0 Å². The minimum atomic E-state index is 0.0520. The van der Waals surface area contributed by atoms with Gasteiger partial charge in [0.15, 0.2) is 17.0 Å². The second-order valence-electron chi connectivity index (χ2n) is 7.03. The fraction of sp³-hybridized carbons (Fsp3) is 0.300. The lowest BCUT2D eigenvalue weighted by atomic mass is 10.2. The molecule has 0 spiro atoms. The van der Waals surface area contributed by atoms with Crippen LogP contribution in [0.15, 0.2) is 47.7 Å². The normalized spacial score (nSPS) is 16.6. The molecule has 5 heterocycles. The highest BCUT2D eigenvalue weighted by atomic mass is 32.1. The van der Waals surface area contributed by atoms with Crippen LogP contribution >= 0.6 is 11.3 Å². The van der Waals surface area contributed by atoms with E-state index in [0.717, 1.165) is 41.8 Å². The van der Waals surface area contributed by atoms with Crippen molar-refractivity contribution in [2.75, 3.05) is 23.4 Å². The van der Waals surface area contributed by atoms with Crippen LogP contribution in [0.25, 0.3) is 16.9 Å². The number of hydrogen-bond acceptors (Lipinski definition) is 8. The summed E-state index contributed by atoms with van der Waals surface area (Å²) in [6.45, 7) is 1.53. The fourth-order valence-electron chi connectivity index (χ4n) is 3.70. The van der Waals surface area contributed by atoms with Crippen LogP contribution in [0.5, 0.6) is 0 Å². The third-order valence-electron chi connectivity index (χ3n) is 5.20. The van der Waals surface area contributed by atoms with Gasteiger partial charge in [-0.2, -0.15) is 21.3 Å². The summed E-state index contributed by atoms with van der Waals surface area (Å²) >= 11 is 1.63. The molecule has 5 rings (SSSR count). The molecule has 1 saturated heterocycles. The molecule has 0 bridgehead atoms. The molecule has 9 heteroatoms. The van der Waals surface area contributed by atoms with Crippen LogP contribution in [0.4, 0.5) is 11.8 Å². The molecule has 2 N–H and O–H groups in total. The van der Waals surface area contributed by atoms with Gasteiger partial charge in [0.1, 0.15) is 6.33 Å². The fourth-order valence-corrected chi connectivity index (χ4v) is 4.33. The maximum atomic E-state index is 9.76. The lowest BCUT2D eigenvalue weighted by Crippen LogP contribution is -2.33. The average molecular weight is 408 g/mol. The third-order valence-corrected chi connectivity index (χ3v) is 5.87. The number of anilines is 2. The first-order valence-corrected chi connectivity index (χ1v) is 10.6. The number of hydrogen-bond donors (Lipinski definition) is 2. The first kappa shape index (κ1) is 18.0. The molecule has 1 aliphatic rings. The summed E-state index contributed by atoms with van der Waals surface area (Å²) in [4.78, 5) is 20.5. The summed E-state index contributed by atoms with van der Waals surface area (Å²) in [5, 5.41) is 17.3. The summed E-state index contributed by atoms with van der Waals surface area (Å²) < 4.78 is 1.98. The van der Waals surface area contributed by atoms with Crippen molar-refractivity contribution < 1.29 is 5.11 Å². The van der Waals surface area contributed by atoms with Gasteiger partial charge in [0.05, 0.1) is 18.3 Å². The van der Waals surface area contributed by atoms with Gasteiger partial charge in [0, 0.05) is 30.9 Å². The second kappa shape index (κ2) is 7.76. The number of aliphatic hydroxyl groups is 1. The summed E-state index contributed by atoms with van der Waals surface area (Å²) in [5.74, 6) is 1.31. The molecule has 0 aromatic carbocycles. The Morgan fingerprint density at radius 2 is 2.24 bits per heavy atom. The van der Waals surface area contributed by atoms with Crippen LogP contribution in [0.3, 0.4) is 0 Å². The van der Waals surface area contributed by atoms with Gasteiger partial charge in [-0.1, -0.05) is 6.07 Å². The van der Waals surface area contributed by atoms with Crippen LogP contribution in [0, 0.1) is 0 Å². The van der Waals surface area contributed by atoms with E-state index in [2.05, 4.69) is 25.6 Å². The number of imidazole rings is 1. The molecular formula is C20H21N7OS. The first-order chi connectivity index (χ1) is 14.3. The number of nitrogens with zero attached hydrogens (tertiary/aromatic N) is 6. The van der Waals surface area contributed by atoms with Gasteiger partial charge in [0.2, 0.25) is 5.95 Å². The van der Waals surface area contributed by atoms with Crippen molar-refractivity contribution >= 4 is 34.3 Å². The Hall–Kier alpha value is -3.04. The Morgan fingerprint density at radius 1 is 1.28 bits per heavy atom. The number of pyridine rings is 1. The Morgan fingerprint density at radius 3 is 3.03 bits per heavy atom. The summed E-state index contributed by atoms with van der Waals surface area (Å²) in [6, 6.07) is 6.03. The molecule has 29 heavy (non-hydrogen) atoms. The van der Waals surface area contributed by atoms with E-state index in [1.807, 2.05) is 34.3 Å². The molecule has 1 aliphatic heterocycles. The number of fused-ring (bicyclic) bond motifs is 1. The number of aliphatic hydroxyl groups excluding tert-OH is 1. The van der Waals surface area contributed by atoms with Gasteiger partial charge in [-0.15, -0.1) is 0 Å². The second-order valence-corrected chi connectivity index (χ2v) is 7.81. The summed E-state index contributed by atoms with van der Waals surface area (Å²) in [5.41, 5.74) is 3.57. The third kappa shape index (κ3) is 3.43. The van der Waals surface area contributed by atoms with E-state index in [1.165, 1.54) is 0 Å². The number of rotatable bonds is 6. The number of aromatic nitrogens is 5. The first-order valence-electron chi connectivity index (χ1n) is 9.61. The van der Waals surface area contributed by atoms with Crippen molar-refractivity contribution in [2.45, 2.75) is 25.4 Å². The van der Waals surface area contributed by atoms with E-state index in [1.54, 1.807) is 23.9 Å². The van der Waals surface area contributed by atoms with Gasteiger partial charge >= 0.3 is 0 Å². The van der Waals surface area contributed by atoms with E-state index in [-0.39, 0.29) is 12.6 Å². The smallest absolute Gasteiger partial charge is 0.229 e. The maximum absolute atomic E-state index is 9.76. The standard InChI is InChI=1S/C20H21N7OS/c28-11-15-4-2-7-26(15)20-24-18(22-10-14-3-1-6-21-9-14)17-19(25-20)27(13-23-17)16-5-8-29-12-16/h1,3,5-6,8-9,12-13,15,28H,2,4,7,10-11H2,(H,22,24,25). The zero-order valence-corrected chi connectivity index (χ0v) is 16.6. The molecule has 8 nitrogen and oxygen atoms in total. The van der Waals surface area contributed by atoms with Crippen molar-refractivity contribution in [1.82, 2.24) is 24.5 Å². The minimum Gasteiger partial charge on any atom is -0.394 e. The van der Waals surface area contributed by atoms with Crippen LogP contribution in [0.2, 0.25) is 0 Å². The number of nitrogens with one attached hydrogen (secondary N) is 1. The molecule has 0 amide bonds. The van der Waals surface area contributed by atoms with Crippen LogP contribution in [-0.2, 0) is 6.54 Å². The average Bonchev–Trinajstić information content (AvgIpc) is 3.52. The SMILES string of the molecule is OCC1CCCN1c1nc(NCc2cccnc2)c2ncn(-c3ccsc3)c2n1. The molecule has 4 aromatic rings. The Kier molecular flexibility index (Phi) is 4.82. The number of thiophene rings is 1. The predicted octanol–water partition coefficient (Wildman–Crippen LogP) is 2.85. The molecule has 148 valence electrons. The Balaban J connectivity index is 1.58. The van der Waals surface area contributed by atoms with Gasteiger partial charge < -0.3 is 15.3 Å². The monoisotopic (exact) mass is 407 g/mol. The van der Waals surface area contributed by atoms with Crippen molar-refractivity contribution in [3.05, 3.63) is 53.2 Å². The summed E-state index contributed by atoms with van der Waals surface area (Å²) in [6.07, 6.45) is 7.34. The van der Waals surface area contributed by atoms with E-state index in [4.69, 9.17) is 9.97 Å². The highest BCUT2D eigenvalue weighted by Crippen LogP contribution is 2.29. The van der Waals surface area contributed by atoms with Crippen LogP contribution < -0.4 is 10.2 Å². The molecule has 1 atom stereocenters. The molecular weight excluding hydrogens is 386 g/mol. The predicted molar refractivity (Wildman–Crippen MR) is 114 cm³/mol. The molecule has 0 aliphatic carbocycles. The topological polar surface area (TPSA) is 92.0 Å². The van der Waals surface area contributed by atoms with Crippen LogP contribution in [0.1, 0.15) is 18.4 Å². The molecule has 0 radical (unpaired) electrons. The van der Waals surface area contributed by atoms with E-state index in [9.17, 15) is 5.11 Å². The Bertz CT molecular complexity index is 1100. The molecule has 1 fully saturated rings. The van der Waals surface area contributed by atoms with E-state index in [0.29, 0.717) is 18.3 Å². The lowest BCUT2D eigenvalue weighted by molar-refractivity contribution is 0.265. The van der Waals surface area contributed by atoms with Gasteiger partial charge in [0.25, 0.3) is 0 Å². The molecule has 1 unspecified atom stereocenters. The van der Waals surface area contributed by atoms with E-state index >= 15 is 0 Å². The Labute approximate surface area is 171 Å². The van der Waals surface area contributed by atoms with Crippen molar-refractivity contribution in [2.24, 2.45) is 0 Å². The van der Waals surface area contributed by atoms with Gasteiger partial charge in [-0.05, 0) is 35.9 Å². The quantitative estimate of drug-likeness (QED) is 0.508. The zero-order chi connectivity index (χ0) is 19.6. The highest BCUT2D eigenvalue weighted by molar-refractivity contribution is 7.08. The van der Waals surface area contributed by atoms with Crippen LogP contribution in [-0.4, -0.2) is 48.8 Å². The van der Waals surface area contributed by atoms with Gasteiger partial charge in [-0.25, -0.2) is 4.98 Å². The minimum absolute atomic E-state index is 0.0520. The highest BCUT2D eigenvalue weighted by Gasteiger charge is 2.27. The van der Waals surface area contributed by atoms with E-state index < -0.39 is 0 Å². The zero-order valence-electron chi connectivity index (χ0n) is 15.8. The maximum Gasteiger partial charge on any atom is 0.229 e. The van der Waals surface area contributed by atoms with Crippen molar-refractivity contribution in [3.8, 4) is 5.69 Å². The van der Waals surface area contributed by atoms with Crippen molar-refractivity contribution in [1.29, 1.82) is 0 Å². The molecule has 4 aromatic heterocycles. The molecule has 0 saturated carbocycles.